The molecule has 0 rings (SSSR count). The summed E-state index contributed by atoms with van der Waals surface area (Å²) < 4.78 is 0. The molecule has 0 aromatic carbocycles. The molecule has 1 nitrogen and oxygen atoms in total. The molecule has 0 bridgehead atoms. The van der Waals surface area contributed by atoms with E-state index in [2.05, 4.69) is 16.0 Å². The summed E-state index contributed by atoms with van der Waals surface area (Å²) in [4.78, 5) is 1.50. The van der Waals surface area contributed by atoms with Gasteiger partial charge in [-0.15, -0.1) is 0 Å². The third-order valence-corrected chi connectivity index (χ3v) is 0. The third kappa shape index (κ3) is 20.5. The van der Waals surface area contributed by atoms with Crippen LogP contribution in [0.4, 0.5) is 0 Å². The van der Waals surface area contributed by atoms with Gasteiger partial charge in [-0.25, -0.2) is 0 Å². The topological polar surface area (TPSA) is 23.8 Å². The van der Waals surface area contributed by atoms with E-state index in [4.69, 9.17) is 5.26 Å². The second kappa shape index (κ2) is 15.9. The van der Waals surface area contributed by atoms with Gasteiger partial charge in [0.1, 0.15) is 0 Å². The van der Waals surface area contributed by atoms with Gasteiger partial charge in [0.2, 0.25) is 0 Å². The number of hydrogen-bond acceptors (Lipinski definition) is 1. The van der Waals surface area contributed by atoms with Crippen LogP contribution in [-0.4, -0.2) is 80.9 Å². The van der Waals surface area contributed by atoms with Crippen molar-refractivity contribution in [3.63, 3.8) is 0 Å². The van der Waals surface area contributed by atoms with Gasteiger partial charge in [-0.3, -0.25) is 0 Å². The van der Waals surface area contributed by atoms with Crippen LogP contribution in [0.1, 0.15) is 0 Å². The zero-order valence-electron chi connectivity index (χ0n) is 1.30. The van der Waals surface area contributed by atoms with E-state index >= 15 is 0 Å². The van der Waals surface area contributed by atoms with Crippen LogP contribution < -0.4 is 0 Å². The van der Waals surface area contributed by atoms with Crippen molar-refractivity contribution < 1.29 is 16.0 Å². The summed E-state index contributed by atoms with van der Waals surface area (Å²) in [6.07, 6.45) is 0. The Balaban J connectivity index is -0.0000000200. The minimum absolute atomic E-state index is 0. The molecule has 0 fully saturated rings. The zero-order chi connectivity index (χ0) is 2.71. The molecule has 0 heterocycles. The number of nitrogens with zero attached hydrogens (tertiary/aromatic N) is 1. The molecule has 5 heavy (non-hydrogen) atoms. The fourth-order valence-electron chi connectivity index (χ4n) is 0. The predicted octanol–water partition coefficient (Wildman–Crippen LogP) is -1.28. The molecule has 0 unspecified atom stereocenters. The Labute approximate surface area is 104 Å². The Kier molecular flexibility index (Phi) is 49.9. The Morgan fingerprint density at radius 1 is 1.60 bits per heavy atom. The summed E-state index contributed by atoms with van der Waals surface area (Å²) >= 11 is 2.79. The van der Waals surface area contributed by atoms with Gasteiger partial charge in [-0.1, -0.05) is 0 Å². The molecule has 21 valence electrons. The quantitative estimate of drug-likeness (QED) is 0.390. The van der Waals surface area contributed by atoms with Gasteiger partial charge < -0.3 is 0 Å². The number of rotatable bonds is 0. The molecule has 0 saturated heterocycles. The normalized spacial score (nSPS) is 1.60. The van der Waals surface area contributed by atoms with Gasteiger partial charge in [-0.05, 0) is 0 Å². The summed E-state index contributed by atoms with van der Waals surface area (Å²) in [6.45, 7) is 0. The molecule has 0 saturated carbocycles. The van der Waals surface area contributed by atoms with Crippen molar-refractivity contribution in [3.8, 4) is 4.97 Å². The van der Waals surface area contributed by atoms with Crippen LogP contribution in [0.3, 0.4) is 0 Å². The van der Waals surface area contributed by atoms with Crippen molar-refractivity contribution in [3.05, 3.63) is 0 Å². The first-order chi connectivity index (χ1) is 1.41. The molecule has 0 aliphatic rings. The van der Waals surface area contributed by atoms with E-state index in [1.54, 1.807) is 0 Å². The van der Waals surface area contributed by atoms with Crippen LogP contribution in [0.2, 0.25) is 0 Å². The zero-order valence-corrected chi connectivity index (χ0v) is 2.40. The minimum atomic E-state index is 0. The Bertz CT molecular complexity index is 33.1. The van der Waals surface area contributed by atoms with Crippen molar-refractivity contribution >= 4 is 80.9 Å². The molecule has 0 spiro atoms. The summed E-state index contributed by atoms with van der Waals surface area (Å²) in [6, 6.07) is 0. The molecule has 0 aromatic heterocycles. The van der Waals surface area contributed by atoms with Crippen molar-refractivity contribution in [1.82, 2.24) is 0 Å². The molecule has 0 aliphatic heterocycles. The SMILES string of the molecule is N#[C][Fe].[KH].[NaH]. The molecule has 0 aliphatic carbocycles. The second-order valence-corrected chi connectivity index (χ2v) is 0.326. The van der Waals surface area contributed by atoms with Gasteiger partial charge in [0.25, 0.3) is 0 Å². The van der Waals surface area contributed by atoms with Crippen LogP contribution >= 0.6 is 0 Å². The van der Waals surface area contributed by atoms with E-state index in [1.807, 2.05) is 0 Å². The Hall–Kier alpha value is 2.65. The molecule has 4 heteroatoms. The fourth-order valence-corrected chi connectivity index (χ4v) is 0. The summed E-state index contributed by atoms with van der Waals surface area (Å²) in [5.74, 6) is 0. The summed E-state index contributed by atoms with van der Waals surface area (Å²) in [5.41, 5.74) is 0. The van der Waals surface area contributed by atoms with Crippen molar-refractivity contribution in [2.24, 2.45) is 0 Å². The summed E-state index contributed by atoms with van der Waals surface area (Å²) in [7, 11) is 0. The van der Waals surface area contributed by atoms with E-state index in [1.165, 1.54) is 4.97 Å². The van der Waals surface area contributed by atoms with Crippen LogP contribution in [0.25, 0.3) is 0 Å². The van der Waals surface area contributed by atoms with Gasteiger partial charge in [-0.2, -0.15) is 0 Å². The van der Waals surface area contributed by atoms with Crippen LogP contribution in [0, 0.1) is 10.2 Å². The van der Waals surface area contributed by atoms with Crippen LogP contribution in [0.15, 0.2) is 0 Å². The van der Waals surface area contributed by atoms with E-state index in [0.717, 1.165) is 0 Å². The van der Waals surface area contributed by atoms with Crippen LogP contribution in [-0.2, 0) is 16.0 Å². The molecule has 0 N–H and O–H groups in total. The van der Waals surface area contributed by atoms with Crippen molar-refractivity contribution in [2.75, 3.05) is 0 Å². The van der Waals surface area contributed by atoms with E-state index in [0.29, 0.717) is 0 Å². The predicted molar refractivity (Wildman–Crippen MR) is 19.9 cm³/mol. The maximum atomic E-state index is 7.21. The first-order valence-corrected chi connectivity index (χ1v) is 0.952. The molecule has 0 aromatic rings. The second-order valence-electron chi connectivity index (χ2n) is 0.0791. The van der Waals surface area contributed by atoms with Gasteiger partial charge in [0, 0.05) is 0 Å². The summed E-state index contributed by atoms with van der Waals surface area (Å²) in [5, 5.41) is 7.21. The molecular weight excluding hydrogens is 144 g/mol. The van der Waals surface area contributed by atoms with Gasteiger partial charge in [0.05, 0.1) is 0 Å². The average molecular weight is 146 g/mol. The maximum absolute atomic E-state index is 7.21. The van der Waals surface area contributed by atoms with E-state index in [-0.39, 0.29) is 80.9 Å². The number of nitriles is 1. The third-order valence-electron chi connectivity index (χ3n) is 0. The Morgan fingerprint density at radius 2 is 1.60 bits per heavy atom. The standard InChI is InChI=1S/CN.Fe.K.Na.2H/c1-2;;;;;. The molecule has 0 amide bonds. The molecule has 0 radical (unpaired) electrons. The van der Waals surface area contributed by atoms with Crippen LogP contribution in [0.5, 0.6) is 0 Å². The Morgan fingerprint density at radius 3 is 1.60 bits per heavy atom. The van der Waals surface area contributed by atoms with Crippen molar-refractivity contribution in [2.45, 2.75) is 0 Å². The monoisotopic (exact) mass is 146 g/mol. The fraction of sp³-hybridized carbons (Fsp3) is 0. The van der Waals surface area contributed by atoms with Crippen molar-refractivity contribution in [1.29, 1.82) is 5.26 Å². The van der Waals surface area contributed by atoms with E-state index < -0.39 is 0 Å². The molecule has 0 atom stereocenters. The number of hydrogen-bond donors (Lipinski definition) is 0. The van der Waals surface area contributed by atoms with Gasteiger partial charge in [0.15, 0.2) is 0 Å². The van der Waals surface area contributed by atoms with Gasteiger partial charge >= 0.3 is 107 Å². The first kappa shape index (κ1) is 15.6. The average Bonchev–Trinajstić information content (AvgIpc) is 0.918. The van der Waals surface area contributed by atoms with E-state index in [9.17, 15) is 0 Å². The first-order valence-electron chi connectivity index (χ1n) is 0.400. The molecular formula is CH2FeKNNa.